The normalized spacial score (nSPS) is 10.8. The van der Waals surface area contributed by atoms with E-state index in [0.717, 1.165) is 17.7 Å². The van der Waals surface area contributed by atoms with Gasteiger partial charge in [0.25, 0.3) is 5.91 Å². The molecule has 0 aliphatic heterocycles. The predicted molar refractivity (Wildman–Crippen MR) is 106 cm³/mol. The molecule has 2 heterocycles. The van der Waals surface area contributed by atoms with Crippen LogP contribution in [0.2, 0.25) is 0 Å². The van der Waals surface area contributed by atoms with Crippen molar-refractivity contribution in [2.45, 2.75) is 20.3 Å². The maximum atomic E-state index is 12.6. The monoisotopic (exact) mass is 383 g/mol. The molecule has 0 saturated carbocycles. The van der Waals surface area contributed by atoms with Gasteiger partial charge >= 0.3 is 5.97 Å². The van der Waals surface area contributed by atoms with Crippen molar-refractivity contribution in [3.8, 4) is 5.69 Å². The van der Waals surface area contributed by atoms with Gasteiger partial charge in [0.15, 0.2) is 0 Å². The van der Waals surface area contributed by atoms with E-state index in [0.29, 0.717) is 22.0 Å². The fourth-order valence-corrected chi connectivity index (χ4v) is 3.72. The lowest BCUT2D eigenvalue weighted by Gasteiger charge is -2.09. The van der Waals surface area contributed by atoms with E-state index in [1.807, 2.05) is 29.8 Å². The van der Waals surface area contributed by atoms with Crippen LogP contribution in [0.25, 0.3) is 5.69 Å². The quantitative estimate of drug-likeness (QED) is 0.649. The van der Waals surface area contributed by atoms with Gasteiger partial charge in [-0.2, -0.15) is 5.10 Å². The number of carbonyl (C=O) groups is 2. The third-order valence-corrected chi connectivity index (χ3v) is 4.95. The first-order valence-corrected chi connectivity index (χ1v) is 9.47. The van der Waals surface area contributed by atoms with Crippen LogP contribution in [0.15, 0.2) is 48.1 Å². The Morgan fingerprint density at radius 3 is 2.59 bits per heavy atom. The Labute approximate surface area is 161 Å². The Bertz CT molecular complexity index is 928. The summed E-state index contributed by atoms with van der Waals surface area (Å²) >= 11 is 1.34. The molecule has 7 heteroatoms. The molecule has 1 amide bonds. The predicted octanol–water partition coefficient (Wildman–Crippen LogP) is 4.17. The van der Waals surface area contributed by atoms with E-state index in [4.69, 9.17) is 4.74 Å². The summed E-state index contributed by atoms with van der Waals surface area (Å²) in [6, 6.07) is 8.93. The molecular weight excluding hydrogens is 362 g/mol. The van der Waals surface area contributed by atoms with Gasteiger partial charge in [-0.25, -0.2) is 9.48 Å². The number of hydrogen-bond acceptors (Lipinski definition) is 5. The Kier molecular flexibility index (Phi) is 5.71. The second kappa shape index (κ2) is 8.18. The Hall–Kier alpha value is -2.93. The van der Waals surface area contributed by atoms with Crippen molar-refractivity contribution in [1.82, 2.24) is 9.78 Å². The largest absolute Gasteiger partial charge is 0.465 e. The van der Waals surface area contributed by atoms with Gasteiger partial charge in [-0.05, 0) is 53.6 Å². The minimum Gasteiger partial charge on any atom is -0.465 e. The number of ether oxygens (including phenoxy) is 1. The first-order valence-electron chi connectivity index (χ1n) is 8.59. The number of amides is 1. The smallest absolute Gasteiger partial charge is 0.341 e. The number of methoxy groups -OCH3 is 1. The minimum absolute atomic E-state index is 0.273. The van der Waals surface area contributed by atoms with Crippen LogP contribution in [-0.2, 0) is 11.2 Å². The van der Waals surface area contributed by atoms with Crippen molar-refractivity contribution >= 4 is 28.2 Å². The van der Waals surface area contributed by atoms with E-state index in [1.165, 1.54) is 18.4 Å². The van der Waals surface area contributed by atoms with E-state index in [-0.39, 0.29) is 5.91 Å². The van der Waals surface area contributed by atoms with Gasteiger partial charge in [-0.1, -0.05) is 13.8 Å². The number of carbonyl (C=O) groups excluding carboxylic acids is 2. The van der Waals surface area contributed by atoms with Crippen LogP contribution < -0.4 is 5.32 Å². The molecule has 140 valence electrons. The maximum Gasteiger partial charge on any atom is 0.341 e. The molecule has 0 radical (unpaired) electrons. The number of rotatable bonds is 6. The fraction of sp³-hybridized carbons (Fsp3) is 0.250. The molecule has 0 unspecified atom stereocenters. The highest BCUT2D eigenvalue weighted by atomic mass is 32.1. The van der Waals surface area contributed by atoms with Gasteiger partial charge in [0.1, 0.15) is 5.00 Å². The van der Waals surface area contributed by atoms with Crippen molar-refractivity contribution in [2.24, 2.45) is 5.92 Å². The van der Waals surface area contributed by atoms with E-state index < -0.39 is 5.97 Å². The van der Waals surface area contributed by atoms with Gasteiger partial charge in [0, 0.05) is 18.0 Å². The summed E-state index contributed by atoms with van der Waals surface area (Å²) < 4.78 is 6.63. The van der Waals surface area contributed by atoms with Gasteiger partial charge in [0.05, 0.1) is 18.4 Å². The van der Waals surface area contributed by atoms with Gasteiger partial charge in [0.2, 0.25) is 0 Å². The molecule has 0 fully saturated rings. The van der Waals surface area contributed by atoms with Crippen LogP contribution in [0.3, 0.4) is 0 Å². The standard InChI is InChI=1S/C20H21N3O3S/c1-13(2)11-15-12-27-19(17(15)20(25)26-3)22-18(24)14-5-7-16(8-6-14)23-10-4-9-21-23/h4-10,12-13H,11H2,1-3H3,(H,22,24). The summed E-state index contributed by atoms with van der Waals surface area (Å²) in [5.74, 6) is -0.317. The first-order chi connectivity index (χ1) is 13.0. The van der Waals surface area contributed by atoms with Gasteiger partial charge < -0.3 is 10.1 Å². The third kappa shape index (κ3) is 4.25. The van der Waals surface area contributed by atoms with Crippen LogP contribution >= 0.6 is 11.3 Å². The summed E-state index contributed by atoms with van der Waals surface area (Å²) in [5, 5.41) is 9.43. The van der Waals surface area contributed by atoms with Gasteiger partial charge in [-0.3, -0.25) is 4.79 Å². The molecule has 3 aromatic rings. The molecule has 6 nitrogen and oxygen atoms in total. The molecule has 0 spiro atoms. The lowest BCUT2D eigenvalue weighted by molar-refractivity contribution is 0.0601. The van der Waals surface area contributed by atoms with Crippen molar-refractivity contribution in [2.75, 3.05) is 12.4 Å². The Morgan fingerprint density at radius 1 is 1.26 bits per heavy atom. The molecule has 3 rings (SSSR count). The Balaban J connectivity index is 1.81. The lowest BCUT2D eigenvalue weighted by Crippen LogP contribution is -2.15. The number of thiophene rings is 1. The van der Waals surface area contributed by atoms with E-state index in [9.17, 15) is 9.59 Å². The lowest BCUT2D eigenvalue weighted by atomic mass is 10.0. The number of nitrogens with zero attached hydrogens (tertiary/aromatic N) is 2. The van der Waals surface area contributed by atoms with Gasteiger partial charge in [-0.15, -0.1) is 11.3 Å². The molecule has 0 aliphatic rings. The number of nitrogens with one attached hydrogen (secondary N) is 1. The molecule has 0 aliphatic carbocycles. The number of anilines is 1. The summed E-state index contributed by atoms with van der Waals surface area (Å²) in [7, 11) is 1.35. The molecule has 0 atom stereocenters. The van der Waals surface area contributed by atoms with Crippen molar-refractivity contribution in [1.29, 1.82) is 0 Å². The molecule has 0 saturated heterocycles. The zero-order valence-electron chi connectivity index (χ0n) is 15.4. The van der Waals surface area contributed by atoms with E-state index in [2.05, 4.69) is 24.3 Å². The third-order valence-electron chi connectivity index (χ3n) is 4.01. The zero-order valence-corrected chi connectivity index (χ0v) is 16.2. The Morgan fingerprint density at radius 2 is 2.00 bits per heavy atom. The van der Waals surface area contributed by atoms with E-state index >= 15 is 0 Å². The highest BCUT2D eigenvalue weighted by Crippen LogP contribution is 2.31. The summed E-state index contributed by atoms with van der Waals surface area (Å²) in [5.41, 5.74) is 2.70. The first kappa shape index (κ1) is 18.8. The topological polar surface area (TPSA) is 73.2 Å². The van der Waals surface area contributed by atoms with E-state index in [1.54, 1.807) is 23.0 Å². The van der Waals surface area contributed by atoms with Crippen LogP contribution in [0.4, 0.5) is 5.00 Å². The average Bonchev–Trinajstić information content (AvgIpc) is 3.31. The van der Waals surface area contributed by atoms with Crippen molar-refractivity contribution in [3.63, 3.8) is 0 Å². The number of esters is 1. The molecule has 0 bridgehead atoms. The second-order valence-electron chi connectivity index (χ2n) is 6.51. The highest BCUT2D eigenvalue weighted by Gasteiger charge is 2.22. The summed E-state index contributed by atoms with van der Waals surface area (Å²) in [6.45, 7) is 4.16. The number of aromatic nitrogens is 2. The SMILES string of the molecule is COC(=O)c1c(CC(C)C)csc1NC(=O)c1ccc(-n2cccn2)cc1. The van der Waals surface area contributed by atoms with Crippen LogP contribution in [0.1, 0.15) is 40.1 Å². The molecule has 27 heavy (non-hydrogen) atoms. The van der Waals surface area contributed by atoms with Crippen LogP contribution in [0, 0.1) is 5.92 Å². The summed E-state index contributed by atoms with van der Waals surface area (Å²) in [6.07, 6.45) is 4.27. The minimum atomic E-state index is -0.434. The summed E-state index contributed by atoms with van der Waals surface area (Å²) in [4.78, 5) is 24.8. The molecule has 2 aromatic heterocycles. The molecule has 1 N–H and O–H groups in total. The van der Waals surface area contributed by atoms with Crippen LogP contribution in [-0.4, -0.2) is 28.8 Å². The maximum absolute atomic E-state index is 12.6. The van der Waals surface area contributed by atoms with Crippen molar-refractivity contribution < 1.29 is 14.3 Å². The van der Waals surface area contributed by atoms with Crippen LogP contribution in [0.5, 0.6) is 0 Å². The second-order valence-corrected chi connectivity index (χ2v) is 7.39. The molecule has 1 aromatic carbocycles. The van der Waals surface area contributed by atoms with Crippen molar-refractivity contribution in [3.05, 3.63) is 64.8 Å². The molecular formula is C20H21N3O3S. The highest BCUT2D eigenvalue weighted by molar-refractivity contribution is 7.15. The number of hydrogen-bond donors (Lipinski definition) is 1. The average molecular weight is 383 g/mol. The fourth-order valence-electron chi connectivity index (χ4n) is 2.76. The number of benzene rings is 1. The zero-order chi connectivity index (χ0) is 19.4.